The van der Waals surface area contributed by atoms with E-state index in [0.717, 1.165) is 11.1 Å². The molecule has 4 aliphatic rings. The van der Waals surface area contributed by atoms with Crippen LogP contribution in [0.3, 0.4) is 0 Å². The first-order chi connectivity index (χ1) is 20.1. The molecule has 1 aromatic rings. The molecule has 1 aromatic carbocycles. The van der Waals surface area contributed by atoms with Gasteiger partial charge in [-0.15, -0.1) is 0 Å². The molecule has 4 N–H and O–H groups in total. The SMILES string of the molecule is C=C1C(=O)O[C@@H]2/C=C(\COC3OC(COC(=O)Cc4ccc(O)cc4)C(O)C(O)C3O)CCC=C3C[C@H](OC3OC)[C@@H]12. The molecule has 12 heteroatoms. The van der Waals surface area contributed by atoms with Crippen LogP contribution < -0.4 is 0 Å². The second kappa shape index (κ2) is 13.0. The molecular weight excluding hydrogens is 552 g/mol. The summed E-state index contributed by atoms with van der Waals surface area (Å²) in [5, 5.41) is 40.8. The summed E-state index contributed by atoms with van der Waals surface area (Å²) in [4.78, 5) is 24.7. The van der Waals surface area contributed by atoms with E-state index in [1.165, 1.54) is 12.1 Å². The Kier molecular flexibility index (Phi) is 9.43. The normalized spacial score (nSPS) is 36.0. The number of aliphatic hydroxyl groups is 3. The molecule has 0 amide bonds. The Morgan fingerprint density at radius 2 is 1.86 bits per heavy atom. The molecule has 5 rings (SSSR count). The first-order valence-corrected chi connectivity index (χ1v) is 13.9. The van der Waals surface area contributed by atoms with Crippen LogP contribution in [0.25, 0.3) is 0 Å². The van der Waals surface area contributed by atoms with Crippen molar-refractivity contribution in [3.8, 4) is 5.75 Å². The van der Waals surface area contributed by atoms with E-state index < -0.39 is 61.0 Å². The van der Waals surface area contributed by atoms with Crippen molar-refractivity contribution in [3.63, 3.8) is 0 Å². The summed E-state index contributed by atoms with van der Waals surface area (Å²) >= 11 is 0. The van der Waals surface area contributed by atoms with Gasteiger partial charge in [-0.25, -0.2) is 4.79 Å². The van der Waals surface area contributed by atoms with Crippen molar-refractivity contribution < 1.29 is 58.4 Å². The molecule has 42 heavy (non-hydrogen) atoms. The minimum absolute atomic E-state index is 0.0342. The zero-order valence-corrected chi connectivity index (χ0v) is 23.2. The van der Waals surface area contributed by atoms with Crippen molar-refractivity contribution in [2.75, 3.05) is 20.3 Å². The molecule has 3 fully saturated rings. The largest absolute Gasteiger partial charge is 0.508 e. The smallest absolute Gasteiger partial charge is 0.334 e. The number of phenols is 1. The highest BCUT2D eigenvalue weighted by Gasteiger charge is 2.48. The van der Waals surface area contributed by atoms with Crippen molar-refractivity contribution in [1.82, 2.24) is 0 Å². The molecule has 3 aliphatic heterocycles. The third-order valence-electron chi connectivity index (χ3n) is 7.98. The van der Waals surface area contributed by atoms with E-state index >= 15 is 0 Å². The summed E-state index contributed by atoms with van der Waals surface area (Å²) < 4.78 is 34.0. The Morgan fingerprint density at radius 1 is 1.10 bits per heavy atom. The first kappa shape index (κ1) is 30.4. The number of ether oxygens (including phenoxy) is 6. The molecule has 0 saturated carbocycles. The second-order valence-electron chi connectivity index (χ2n) is 10.9. The van der Waals surface area contributed by atoms with Crippen LogP contribution in [0.4, 0.5) is 0 Å². The highest BCUT2D eigenvalue weighted by molar-refractivity contribution is 5.91. The molecule has 0 spiro atoms. The van der Waals surface area contributed by atoms with E-state index in [0.29, 0.717) is 30.4 Å². The Bertz CT molecular complexity index is 1220. The summed E-state index contributed by atoms with van der Waals surface area (Å²) in [5.41, 5.74) is 2.67. The average molecular weight is 589 g/mol. The van der Waals surface area contributed by atoms with Gasteiger partial charge in [0, 0.05) is 19.1 Å². The number of aliphatic hydroxyl groups excluding tert-OH is 3. The number of hydrogen-bond acceptors (Lipinski definition) is 12. The molecule has 9 atom stereocenters. The number of rotatable bonds is 8. The van der Waals surface area contributed by atoms with E-state index in [-0.39, 0.29) is 31.5 Å². The Balaban J connectivity index is 1.23. The average Bonchev–Trinajstić information content (AvgIpc) is 3.49. The number of carbonyl (C=O) groups is 2. The Labute approximate surface area is 242 Å². The molecule has 0 radical (unpaired) electrons. The number of benzene rings is 1. The van der Waals surface area contributed by atoms with Gasteiger partial charge in [-0.2, -0.15) is 0 Å². The molecule has 3 saturated heterocycles. The zero-order valence-electron chi connectivity index (χ0n) is 23.2. The van der Waals surface area contributed by atoms with Crippen LogP contribution in [0, 0.1) is 5.92 Å². The molecular formula is C30H36O12. The van der Waals surface area contributed by atoms with Gasteiger partial charge in [0.15, 0.2) is 12.6 Å². The number of hydrogen-bond donors (Lipinski definition) is 4. The van der Waals surface area contributed by atoms with Crippen LogP contribution in [0.1, 0.15) is 24.8 Å². The van der Waals surface area contributed by atoms with E-state index in [9.17, 15) is 30.0 Å². The van der Waals surface area contributed by atoms with Gasteiger partial charge in [0.25, 0.3) is 0 Å². The van der Waals surface area contributed by atoms with Gasteiger partial charge in [-0.3, -0.25) is 4.79 Å². The van der Waals surface area contributed by atoms with Crippen LogP contribution in [0.5, 0.6) is 5.75 Å². The molecule has 6 unspecified atom stereocenters. The standard InChI is InChI=1S/C30H36O12/c1-15-24-20(40-28(15)36)10-17(4-3-5-18-12-21(24)41-29(18)37-2)13-39-30-27(35)26(34)25(33)22(42-30)14-38-23(32)11-16-6-8-19(31)9-7-16/h5-10,20-22,24-27,29-31,33-35H,1,3-4,11-14H2,2H3/b17-10-,18-5?/t20-,21+,22?,24+,25?,26?,27?,29?,30?/m1/s1. The minimum Gasteiger partial charge on any atom is -0.508 e. The zero-order chi connectivity index (χ0) is 30.0. The third kappa shape index (κ3) is 6.60. The quantitative estimate of drug-likeness (QED) is 0.192. The lowest BCUT2D eigenvalue weighted by atomic mass is 9.86. The van der Waals surface area contributed by atoms with Gasteiger partial charge in [-0.05, 0) is 47.8 Å². The minimum atomic E-state index is -1.62. The number of carbonyl (C=O) groups excluding carboxylic acids is 2. The molecule has 1 aliphatic carbocycles. The highest BCUT2D eigenvalue weighted by atomic mass is 16.7. The summed E-state index contributed by atoms with van der Waals surface area (Å²) in [7, 11) is 1.56. The fourth-order valence-electron chi connectivity index (χ4n) is 5.67. The lowest BCUT2D eigenvalue weighted by Crippen LogP contribution is -2.59. The van der Waals surface area contributed by atoms with E-state index in [1.807, 2.05) is 6.08 Å². The summed E-state index contributed by atoms with van der Waals surface area (Å²) in [5.74, 6) is -1.45. The van der Waals surface area contributed by atoms with Gasteiger partial charge in [-0.1, -0.05) is 24.8 Å². The highest BCUT2D eigenvalue weighted by Crippen LogP contribution is 2.41. The predicted octanol–water partition coefficient (Wildman–Crippen LogP) is 0.808. The number of esters is 2. The van der Waals surface area contributed by atoms with Crippen LogP contribution in [-0.4, -0.2) is 102 Å². The number of phenolic OH excluding ortho intramolecular Hbond substituents is 1. The van der Waals surface area contributed by atoms with Crippen molar-refractivity contribution in [1.29, 1.82) is 0 Å². The lowest BCUT2D eigenvalue weighted by molar-refractivity contribution is -0.299. The number of aromatic hydroxyl groups is 1. The van der Waals surface area contributed by atoms with Gasteiger partial charge < -0.3 is 48.8 Å². The van der Waals surface area contributed by atoms with E-state index in [2.05, 4.69) is 6.58 Å². The van der Waals surface area contributed by atoms with Crippen molar-refractivity contribution in [2.45, 2.75) is 74.9 Å². The van der Waals surface area contributed by atoms with Gasteiger partial charge in [0.1, 0.15) is 42.9 Å². The lowest BCUT2D eigenvalue weighted by Gasteiger charge is -2.40. The fraction of sp³-hybridized carbons (Fsp3) is 0.533. The topological polar surface area (TPSA) is 170 Å². The van der Waals surface area contributed by atoms with Gasteiger partial charge >= 0.3 is 11.9 Å². The maximum absolute atomic E-state index is 12.4. The number of fused-ring (bicyclic) bond motifs is 4. The third-order valence-corrected chi connectivity index (χ3v) is 7.98. The predicted molar refractivity (Wildman–Crippen MR) is 144 cm³/mol. The Morgan fingerprint density at radius 3 is 2.60 bits per heavy atom. The molecule has 2 bridgehead atoms. The summed E-state index contributed by atoms with van der Waals surface area (Å²) in [6.45, 7) is 3.50. The first-order valence-electron chi connectivity index (χ1n) is 13.9. The maximum atomic E-state index is 12.4. The van der Waals surface area contributed by atoms with E-state index in [4.69, 9.17) is 28.4 Å². The van der Waals surface area contributed by atoms with Crippen molar-refractivity contribution >= 4 is 11.9 Å². The van der Waals surface area contributed by atoms with Crippen LogP contribution in [-0.2, 0) is 44.4 Å². The van der Waals surface area contributed by atoms with Crippen molar-refractivity contribution in [3.05, 3.63) is 65.3 Å². The molecule has 0 aromatic heterocycles. The summed E-state index contributed by atoms with van der Waals surface area (Å²) in [6, 6.07) is 6.05. The molecule has 228 valence electrons. The molecule has 12 nitrogen and oxygen atoms in total. The number of allylic oxidation sites excluding steroid dienone is 1. The maximum Gasteiger partial charge on any atom is 0.334 e. The van der Waals surface area contributed by atoms with Crippen LogP contribution >= 0.6 is 0 Å². The number of methoxy groups -OCH3 is 1. The van der Waals surface area contributed by atoms with Crippen LogP contribution in [0.2, 0.25) is 0 Å². The van der Waals surface area contributed by atoms with Crippen molar-refractivity contribution in [2.24, 2.45) is 5.92 Å². The monoisotopic (exact) mass is 588 g/mol. The van der Waals surface area contributed by atoms with Gasteiger partial charge in [0.2, 0.25) is 0 Å². The van der Waals surface area contributed by atoms with Gasteiger partial charge in [0.05, 0.1) is 25.0 Å². The van der Waals surface area contributed by atoms with Crippen LogP contribution in [0.15, 0.2) is 59.7 Å². The summed E-state index contributed by atoms with van der Waals surface area (Å²) in [6.07, 6.45) is -3.20. The second-order valence-corrected chi connectivity index (χ2v) is 10.9. The fourth-order valence-corrected chi connectivity index (χ4v) is 5.67. The molecule has 3 heterocycles. The van der Waals surface area contributed by atoms with E-state index in [1.54, 1.807) is 25.3 Å². The Hall–Kier alpha value is -3.10.